The number of nitrogens with two attached hydrogens (primary N) is 1. The van der Waals surface area contributed by atoms with Crippen molar-refractivity contribution in [3.63, 3.8) is 0 Å². The molecule has 1 aromatic heterocycles. The Balaban J connectivity index is 2.75. The molecule has 0 aliphatic rings. The van der Waals surface area contributed by atoms with Crippen LogP contribution in [0.3, 0.4) is 0 Å². The summed E-state index contributed by atoms with van der Waals surface area (Å²) in [5.41, 5.74) is 8.85. The van der Waals surface area contributed by atoms with E-state index in [2.05, 4.69) is 11.9 Å². The molecule has 16 heavy (non-hydrogen) atoms. The molecule has 1 unspecified atom stereocenters. The van der Waals surface area contributed by atoms with Crippen molar-refractivity contribution < 1.29 is 4.74 Å². The molecule has 0 radical (unpaired) electrons. The first-order valence-corrected chi connectivity index (χ1v) is 5.33. The molecule has 0 aliphatic carbocycles. The van der Waals surface area contributed by atoms with Gasteiger partial charge in [-0.1, -0.05) is 6.07 Å². The predicted molar refractivity (Wildman–Crippen MR) is 65.6 cm³/mol. The summed E-state index contributed by atoms with van der Waals surface area (Å²) in [4.78, 5) is 4.54. The highest BCUT2D eigenvalue weighted by Crippen LogP contribution is 2.28. The van der Waals surface area contributed by atoms with E-state index >= 15 is 0 Å². The van der Waals surface area contributed by atoms with Gasteiger partial charge >= 0.3 is 0 Å². The summed E-state index contributed by atoms with van der Waals surface area (Å²) in [7, 11) is 1.67. The minimum atomic E-state index is -0.0469. The van der Waals surface area contributed by atoms with Crippen molar-refractivity contribution in [3.05, 3.63) is 35.5 Å². The second kappa shape index (κ2) is 4.10. The molecule has 1 heterocycles. The van der Waals surface area contributed by atoms with E-state index < -0.39 is 0 Å². The molecule has 0 aliphatic heterocycles. The topological polar surface area (TPSA) is 48.1 Å². The average molecular weight is 216 g/mol. The van der Waals surface area contributed by atoms with Crippen molar-refractivity contribution in [2.75, 3.05) is 7.11 Å². The number of aryl methyl sites for hydroxylation is 1. The van der Waals surface area contributed by atoms with Crippen LogP contribution in [0.4, 0.5) is 0 Å². The third kappa shape index (κ3) is 1.74. The number of pyridine rings is 1. The van der Waals surface area contributed by atoms with Crippen molar-refractivity contribution in [1.29, 1.82) is 0 Å². The van der Waals surface area contributed by atoms with Gasteiger partial charge in [0.1, 0.15) is 5.75 Å². The molecule has 0 spiro atoms. The van der Waals surface area contributed by atoms with Crippen molar-refractivity contribution in [3.8, 4) is 5.75 Å². The Kier molecular flexibility index (Phi) is 2.79. The summed E-state index contributed by atoms with van der Waals surface area (Å²) in [6.07, 6.45) is 0. The monoisotopic (exact) mass is 216 g/mol. The van der Waals surface area contributed by atoms with Crippen LogP contribution in [0.5, 0.6) is 5.75 Å². The lowest BCUT2D eigenvalue weighted by atomic mass is 10.1. The van der Waals surface area contributed by atoms with Gasteiger partial charge in [0.2, 0.25) is 0 Å². The standard InChI is InChI=1S/C13H16N2O/c1-8-7-11(9(2)14)15-10-5-4-6-12(16-3)13(8)10/h4-7,9H,14H2,1-3H3. The van der Waals surface area contributed by atoms with Crippen LogP contribution < -0.4 is 10.5 Å². The lowest BCUT2D eigenvalue weighted by Gasteiger charge is -2.11. The third-order valence-electron chi connectivity index (χ3n) is 2.70. The number of nitrogens with zero attached hydrogens (tertiary/aromatic N) is 1. The molecule has 2 N–H and O–H groups in total. The van der Waals surface area contributed by atoms with Crippen LogP contribution in [0, 0.1) is 6.92 Å². The van der Waals surface area contributed by atoms with Crippen LogP contribution in [0.2, 0.25) is 0 Å². The lowest BCUT2D eigenvalue weighted by Crippen LogP contribution is -2.08. The first-order chi connectivity index (χ1) is 7.63. The van der Waals surface area contributed by atoms with Crippen LogP contribution in [-0.2, 0) is 0 Å². The van der Waals surface area contributed by atoms with Gasteiger partial charge in [0.05, 0.1) is 18.3 Å². The fourth-order valence-electron chi connectivity index (χ4n) is 1.88. The Bertz CT molecular complexity index is 521. The molecule has 1 atom stereocenters. The second-order valence-electron chi connectivity index (χ2n) is 4.01. The van der Waals surface area contributed by atoms with Gasteiger partial charge in [-0.2, -0.15) is 0 Å². The van der Waals surface area contributed by atoms with Crippen LogP contribution in [0.25, 0.3) is 10.9 Å². The third-order valence-corrected chi connectivity index (χ3v) is 2.70. The van der Waals surface area contributed by atoms with Gasteiger partial charge in [-0.3, -0.25) is 4.98 Å². The minimum Gasteiger partial charge on any atom is -0.496 e. The maximum absolute atomic E-state index is 5.85. The quantitative estimate of drug-likeness (QED) is 0.839. The molecule has 84 valence electrons. The van der Waals surface area contributed by atoms with E-state index in [-0.39, 0.29) is 6.04 Å². The molecule has 0 amide bonds. The zero-order chi connectivity index (χ0) is 11.7. The molecule has 0 saturated carbocycles. The highest BCUT2D eigenvalue weighted by Gasteiger charge is 2.09. The first-order valence-electron chi connectivity index (χ1n) is 5.33. The van der Waals surface area contributed by atoms with Crippen molar-refractivity contribution >= 4 is 10.9 Å². The largest absolute Gasteiger partial charge is 0.496 e. The van der Waals surface area contributed by atoms with E-state index in [1.165, 1.54) is 0 Å². The minimum absolute atomic E-state index is 0.0469. The molecule has 2 aromatic rings. The summed E-state index contributed by atoms with van der Waals surface area (Å²) in [5, 5.41) is 1.06. The summed E-state index contributed by atoms with van der Waals surface area (Å²) in [6.45, 7) is 3.99. The average Bonchev–Trinajstić information content (AvgIpc) is 2.27. The van der Waals surface area contributed by atoms with Crippen LogP contribution in [0.1, 0.15) is 24.2 Å². The van der Waals surface area contributed by atoms with E-state index in [0.717, 1.165) is 27.9 Å². The van der Waals surface area contributed by atoms with Gasteiger partial charge < -0.3 is 10.5 Å². The Hall–Kier alpha value is -1.61. The first kappa shape index (κ1) is 10.9. The summed E-state index contributed by atoms with van der Waals surface area (Å²) < 4.78 is 5.34. The zero-order valence-corrected chi connectivity index (χ0v) is 9.82. The summed E-state index contributed by atoms with van der Waals surface area (Å²) in [6, 6.07) is 7.85. The molecule has 0 bridgehead atoms. The summed E-state index contributed by atoms with van der Waals surface area (Å²) in [5.74, 6) is 0.860. The molecular formula is C13H16N2O. The lowest BCUT2D eigenvalue weighted by molar-refractivity contribution is 0.419. The van der Waals surface area contributed by atoms with Gasteiger partial charge in [-0.05, 0) is 37.6 Å². The number of aromatic nitrogens is 1. The van der Waals surface area contributed by atoms with Crippen molar-refractivity contribution in [2.45, 2.75) is 19.9 Å². The Morgan fingerprint density at radius 1 is 1.38 bits per heavy atom. The fraction of sp³-hybridized carbons (Fsp3) is 0.308. The molecule has 0 fully saturated rings. The van der Waals surface area contributed by atoms with E-state index in [9.17, 15) is 0 Å². The number of fused-ring (bicyclic) bond motifs is 1. The van der Waals surface area contributed by atoms with Gasteiger partial charge in [-0.25, -0.2) is 0 Å². The molecule has 0 saturated heterocycles. The van der Waals surface area contributed by atoms with Gasteiger partial charge in [0.25, 0.3) is 0 Å². The number of benzene rings is 1. The molecule has 3 nitrogen and oxygen atoms in total. The normalized spacial score (nSPS) is 12.8. The molecule has 2 rings (SSSR count). The van der Waals surface area contributed by atoms with Gasteiger partial charge in [-0.15, -0.1) is 0 Å². The number of methoxy groups -OCH3 is 1. The number of ether oxygens (including phenoxy) is 1. The van der Waals surface area contributed by atoms with E-state index in [0.29, 0.717) is 0 Å². The smallest absolute Gasteiger partial charge is 0.128 e. The van der Waals surface area contributed by atoms with Crippen LogP contribution in [0.15, 0.2) is 24.3 Å². The Morgan fingerprint density at radius 3 is 2.75 bits per heavy atom. The highest BCUT2D eigenvalue weighted by atomic mass is 16.5. The van der Waals surface area contributed by atoms with Crippen LogP contribution >= 0.6 is 0 Å². The SMILES string of the molecule is COc1cccc2nc(C(C)N)cc(C)c12. The molecule has 1 aromatic carbocycles. The van der Waals surface area contributed by atoms with E-state index in [1.807, 2.05) is 31.2 Å². The molecular weight excluding hydrogens is 200 g/mol. The summed E-state index contributed by atoms with van der Waals surface area (Å²) >= 11 is 0. The maximum Gasteiger partial charge on any atom is 0.128 e. The molecule has 3 heteroatoms. The highest BCUT2D eigenvalue weighted by molar-refractivity contribution is 5.88. The van der Waals surface area contributed by atoms with Gasteiger partial charge in [0, 0.05) is 11.4 Å². The zero-order valence-electron chi connectivity index (χ0n) is 9.82. The maximum atomic E-state index is 5.85. The Morgan fingerprint density at radius 2 is 2.12 bits per heavy atom. The van der Waals surface area contributed by atoms with Gasteiger partial charge in [0.15, 0.2) is 0 Å². The second-order valence-corrected chi connectivity index (χ2v) is 4.01. The Labute approximate surface area is 95.2 Å². The number of hydrogen-bond donors (Lipinski definition) is 1. The fourth-order valence-corrected chi connectivity index (χ4v) is 1.88. The van der Waals surface area contributed by atoms with Crippen LogP contribution in [-0.4, -0.2) is 12.1 Å². The van der Waals surface area contributed by atoms with E-state index in [4.69, 9.17) is 10.5 Å². The van der Waals surface area contributed by atoms with E-state index in [1.54, 1.807) is 7.11 Å². The van der Waals surface area contributed by atoms with Crippen molar-refractivity contribution in [1.82, 2.24) is 4.98 Å². The number of rotatable bonds is 2. The predicted octanol–water partition coefficient (Wildman–Crippen LogP) is 2.57. The van der Waals surface area contributed by atoms with Crippen molar-refractivity contribution in [2.24, 2.45) is 5.73 Å². The number of hydrogen-bond acceptors (Lipinski definition) is 3.